The monoisotopic (exact) mass is 257 g/mol. The summed E-state index contributed by atoms with van der Waals surface area (Å²) in [6.45, 7) is 1.99. The number of rotatable bonds is 5. The van der Waals surface area contributed by atoms with Crippen LogP contribution in [0.1, 0.15) is 24.5 Å². The van der Waals surface area contributed by atoms with Gasteiger partial charge in [0, 0.05) is 18.8 Å². The molecule has 0 amide bonds. The Morgan fingerprint density at radius 2 is 1.74 bits per heavy atom. The van der Waals surface area contributed by atoms with E-state index in [9.17, 15) is 5.11 Å². The largest absolute Gasteiger partial charge is 0.497 e. The second-order valence-electron chi connectivity index (χ2n) is 4.65. The Morgan fingerprint density at radius 1 is 1.11 bits per heavy atom. The Labute approximate surface area is 113 Å². The van der Waals surface area contributed by atoms with Crippen LogP contribution in [0.2, 0.25) is 0 Å². The molecular weight excluding hydrogens is 238 g/mol. The molecule has 0 saturated carbocycles. The molecule has 1 atom stereocenters. The summed E-state index contributed by atoms with van der Waals surface area (Å²) in [4.78, 5) is 4.00. The topological polar surface area (TPSA) is 42.4 Å². The predicted molar refractivity (Wildman–Crippen MR) is 75.1 cm³/mol. The lowest BCUT2D eigenvalue weighted by molar-refractivity contribution is 0.0327. The molecule has 3 nitrogen and oxygen atoms in total. The van der Waals surface area contributed by atoms with Crippen molar-refractivity contribution in [2.75, 3.05) is 7.11 Å². The number of aromatic nitrogens is 1. The summed E-state index contributed by atoms with van der Waals surface area (Å²) < 4.78 is 5.14. The molecule has 2 aromatic rings. The van der Waals surface area contributed by atoms with Gasteiger partial charge in [0.25, 0.3) is 0 Å². The van der Waals surface area contributed by atoms with Gasteiger partial charge < -0.3 is 9.84 Å². The van der Waals surface area contributed by atoms with Crippen LogP contribution in [-0.4, -0.2) is 17.2 Å². The number of hydrogen-bond donors (Lipinski definition) is 1. The van der Waals surface area contributed by atoms with Gasteiger partial charge in [0.15, 0.2) is 0 Å². The zero-order chi connectivity index (χ0) is 13.7. The molecule has 100 valence electrons. The van der Waals surface area contributed by atoms with Gasteiger partial charge >= 0.3 is 0 Å². The van der Waals surface area contributed by atoms with Crippen molar-refractivity contribution in [3.8, 4) is 5.75 Å². The highest BCUT2D eigenvalue weighted by Gasteiger charge is 2.27. The van der Waals surface area contributed by atoms with E-state index in [1.165, 1.54) is 0 Å². The first-order valence-corrected chi connectivity index (χ1v) is 6.44. The predicted octanol–water partition coefficient (Wildman–Crippen LogP) is 2.93. The molecule has 0 aliphatic carbocycles. The Bertz CT molecular complexity index is 510. The van der Waals surface area contributed by atoms with Gasteiger partial charge in [-0.2, -0.15) is 0 Å². The van der Waals surface area contributed by atoms with Crippen LogP contribution in [0.3, 0.4) is 0 Å². The second kappa shape index (κ2) is 5.85. The molecule has 3 heteroatoms. The van der Waals surface area contributed by atoms with Crippen LogP contribution in [0.5, 0.6) is 5.75 Å². The summed E-state index contributed by atoms with van der Waals surface area (Å²) in [7, 11) is 1.64. The van der Waals surface area contributed by atoms with Crippen LogP contribution in [0.4, 0.5) is 0 Å². The first-order valence-electron chi connectivity index (χ1n) is 6.44. The van der Waals surface area contributed by atoms with E-state index >= 15 is 0 Å². The van der Waals surface area contributed by atoms with Crippen molar-refractivity contribution in [3.63, 3.8) is 0 Å². The highest BCUT2D eigenvalue weighted by molar-refractivity contribution is 5.32. The lowest BCUT2D eigenvalue weighted by atomic mass is 9.85. The molecule has 0 aliphatic rings. The minimum absolute atomic E-state index is 0.582. The van der Waals surface area contributed by atoms with Gasteiger partial charge in [0.05, 0.1) is 12.7 Å². The first kappa shape index (κ1) is 13.6. The standard InChI is InChI=1S/C16H19NO2/c1-3-16(18,12-13-8-10-17-11-9-13)14-4-6-15(19-2)7-5-14/h4-11,18H,3,12H2,1-2H3/t16-/m0/s1. The number of aliphatic hydroxyl groups is 1. The quantitative estimate of drug-likeness (QED) is 0.895. The van der Waals surface area contributed by atoms with Crippen LogP contribution >= 0.6 is 0 Å². The summed E-state index contributed by atoms with van der Waals surface area (Å²) in [6, 6.07) is 11.5. The van der Waals surface area contributed by atoms with E-state index in [-0.39, 0.29) is 0 Å². The minimum atomic E-state index is -0.854. The number of ether oxygens (including phenoxy) is 1. The Hall–Kier alpha value is -1.87. The average Bonchev–Trinajstić information content (AvgIpc) is 2.48. The third-order valence-corrected chi connectivity index (χ3v) is 3.46. The maximum atomic E-state index is 10.8. The average molecular weight is 257 g/mol. The fraction of sp³-hybridized carbons (Fsp3) is 0.312. The van der Waals surface area contributed by atoms with E-state index in [1.54, 1.807) is 19.5 Å². The molecule has 0 spiro atoms. The van der Waals surface area contributed by atoms with Crippen LogP contribution in [0, 0.1) is 0 Å². The molecule has 0 unspecified atom stereocenters. The normalized spacial score (nSPS) is 13.8. The smallest absolute Gasteiger partial charge is 0.118 e. The Morgan fingerprint density at radius 3 is 2.26 bits per heavy atom. The van der Waals surface area contributed by atoms with Gasteiger partial charge in [-0.1, -0.05) is 19.1 Å². The van der Waals surface area contributed by atoms with E-state index < -0.39 is 5.60 Å². The summed E-state index contributed by atoms with van der Waals surface area (Å²) in [5.41, 5.74) is 1.14. The first-order chi connectivity index (χ1) is 9.18. The van der Waals surface area contributed by atoms with Crippen molar-refractivity contribution in [2.45, 2.75) is 25.4 Å². The number of nitrogens with zero attached hydrogens (tertiary/aromatic N) is 1. The van der Waals surface area contributed by atoms with Gasteiger partial charge in [-0.3, -0.25) is 4.98 Å². The van der Waals surface area contributed by atoms with Crippen molar-refractivity contribution < 1.29 is 9.84 Å². The molecule has 19 heavy (non-hydrogen) atoms. The number of methoxy groups -OCH3 is 1. The van der Waals surface area contributed by atoms with E-state index in [0.717, 1.165) is 16.9 Å². The van der Waals surface area contributed by atoms with E-state index in [2.05, 4.69) is 4.98 Å². The zero-order valence-electron chi connectivity index (χ0n) is 11.3. The zero-order valence-corrected chi connectivity index (χ0v) is 11.3. The van der Waals surface area contributed by atoms with Crippen molar-refractivity contribution in [3.05, 3.63) is 59.9 Å². The van der Waals surface area contributed by atoms with Crippen LogP contribution in [-0.2, 0) is 12.0 Å². The molecule has 1 aromatic heterocycles. The van der Waals surface area contributed by atoms with Crippen LogP contribution in [0.25, 0.3) is 0 Å². The van der Waals surface area contributed by atoms with Crippen molar-refractivity contribution in [1.29, 1.82) is 0 Å². The molecule has 1 N–H and O–H groups in total. The fourth-order valence-electron chi connectivity index (χ4n) is 2.17. The highest BCUT2D eigenvalue weighted by atomic mass is 16.5. The third kappa shape index (κ3) is 3.12. The van der Waals surface area contributed by atoms with E-state index in [0.29, 0.717) is 12.8 Å². The van der Waals surface area contributed by atoms with Gasteiger partial charge in [-0.25, -0.2) is 0 Å². The van der Waals surface area contributed by atoms with Crippen molar-refractivity contribution in [2.24, 2.45) is 0 Å². The maximum Gasteiger partial charge on any atom is 0.118 e. The van der Waals surface area contributed by atoms with Crippen LogP contribution in [0.15, 0.2) is 48.8 Å². The molecule has 0 bridgehead atoms. The van der Waals surface area contributed by atoms with E-state index in [1.807, 2.05) is 43.3 Å². The third-order valence-electron chi connectivity index (χ3n) is 3.46. The SMILES string of the molecule is CC[C@](O)(Cc1ccncc1)c1ccc(OC)cc1. The molecule has 0 fully saturated rings. The highest BCUT2D eigenvalue weighted by Crippen LogP contribution is 2.30. The Kier molecular flexibility index (Phi) is 4.17. The lowest BCUT2D eigenvalue weighted by Gasteiger charge is -2.27. The molecule has 1 heterocycles. The minimum Gasteiger partial charge on any atom is -0.497 e. The van der Waals surface area contributed by atoms with Crippen molar-refractivity contribution in [1.82, 2.24) is 4.98 Å². The van der Waals surface area contributed by atoms with Gasteiger partial charge in [0.2, 0.25) is 0 Å². The van der Waals surface area contributed by atoms with Gasteiger partial charge in [0.1, 0.15) is 5.75 Å². The lowest BCUT2D eigenvalue weighted by Crippen LogP contribution is -2.27. The molecule has 1 aromatic carbocycles. The summed E-state index contributed by atoms with van der Waals surface area (Å²) in [5.74, 6) is 0.797. The fourth-order valence-corrected chi connectivity index (χ4v) is 2.17. The molecule has 0 saturated heterocycles. The summed E-state index contributed by atoms with van der Waals surface area (Å²) in [6.07, 6.45) is 4.73. The van der Waals surface area contributed by atoms with Gasteiger partial charge in [-0.15, -0.1) is 0 Å². The maximum absolute atomic E-state index is 10.8. The van der Waals surface area contributed by atoms with Crippen molar-refractivity contribution >= 4 is 0 Å². The van der Waals surface area contributed by atoms with Gasteiger partial charge in [-0.05, 0) is 41.8 Å². The molecule has 0 radical (unpaired) electrons. The molecular formula is C16H19NO2. The van der Waals surface area contributed by atoms with E-state index in [4.69, 9.17) is 4.74 Å². The molecule has 2 rings (SSSR count). The second-order valence-corrected chi connectivity index (χ2v) is 4.65. The number of hydrogen-bond acceptors (Lipinski definition) is 3. The number of benzene rings is 1. The summed E-state index contributed by atoms with van der Waals surface area (Å²) in [5, 5.41) is 10.8. The molecule has 0 aliphatic heterocycles. The number of pyridine rings is 1. The van der Waals surface area contributed by atoms with Crippen LogP contribution < -0.4 is 4.74 Å². The Balaban J connectivity index is 2.25. The summed E-state index contributed by atoms with van der Waals surface area (Å²) >= 11 is 0.